The maximum absolute atomic E-state index is 6.54. The highest BCUT2D eigenvalue weighted by atomic mass is 16.5. The van der Waals surface area contributed by atoms with Gasteiger partial charge >= 0.3 is 0 Å². The summed E-state index contributed by atoms with van der Waals surface area (Å²) in [7, 11) is 4.33. The second kappa shape index (κ2) is 7.36. The minimum atomic E-state index is -0.0373. The third-order valence-electron chi connectivity index (χ3n) is 6.36. The standard InChI is InChI=1S/C23H34N2O/c1-4-5-8-18-9-10-19-20-11-16-26-23(12-6-14-24(2)3)13-7-15-25(22(20)23)21(19)17-18/h9-10,17H,4-8,11-16H2,1-3H3. The van der Waals surface area contributed by atoms with Crippen molar-refractivity contribution in [2.75, 3.05) is 27.2 Å². The summed E-state index contributed by atoms with van der Waals surface area (Å²) < 4.78 is 9.16. The summed E-state index contributed by atoms with van der Waals surface area (Å²) in [5.41, 5.74) is 6.03. The van der Waals surface area contributed by atoms with Gasteiger partial charge in [0.1, 0.15) is 5.60 Å². The summed E-state index contributed by atoms with van der Waals surface area (Å²) in [6, 6.07) is 7.24. The van der Waals surface area contributed by atoms with Gasteiger partial charge in [-0.1, -0.05) is 25.5 Å². The summed E-state index contributed by atoms with van der Waals surface area (Å²) in [5, 5.41) is 1.49. The van der Waals surface area contributed by atoms with E-state index in [1.54, 1.807) is 5.56 Å². The Labute approximate surface area is 158 Å². The van der Waals surface area contributed by atoms with Crippen LogP contribution in [-0.4, -0.2) is 36.7 Å². The van der Waals surface area contributed by atoms with Crippen molar-refractivity contribution in [1.82, 2.24) is 9.47 Å². The van der Waals surface area contributed by atoms with Gasteiger partial charge in [-0.3, -0.25) is 0 Å². The van der Waals surface area contributed by atoms with Crippen molar-refractivity contribution in [3.8, 4) is 0 Å². The van der Waals surface area contributed by atoms with Crippen molar-refractivity contribution in [3.63, 3.8) is 0 Å². The molecule has 0 fully saturated rings. The van der Waals surface area contributed by atoms with Crippen molar-refractivity contribution >= 4 is 10.9 Å². The monoisotopic (exact) mass is 354 g/mol. The SMILES string of the molecule is CCCCc1ccc2c3c4n(c2c1)CCCC4(CCCN(C)C)OCC3. The molecule has 0 aliphatic carbocycles. The fourth-order valence-electron chi connectivity index (χ4n) is 5.14. The van der Waals surface area contributed by atoms with Gasteiger partial charge in [-0.05, 0) is 82.8 Å². The zero-order chi connectivity index (χ0) is 18.1. The highest BCUT2D eigenvalue weighted by molar-refractivity contribution is 5.87. The van der Waals surface area contributed by atoms with Gasteiger partial charge in [0, 0.05) is 17.4 Å². The molecule has 0 saturated heterocycles. The lowest BCUT2D eigenvalue weighted by molar-refractivity contribution is -0.0882. The van der Waals surface area contributed by atoms with E-state index in [9.17, 15) is 0 Å². The fraction of sp³-hybridized carbons (Fsp3) is 0.652. The zero-order valence-electron chi connectivity index (χ0n) is 16.8. The average molecular weight is 355 g/mol. The van der Waals surface area contributed by atoms with E-state index in [0.717, 1.165) is 32.5 Å². The molecule has 0 N–H and O–H groups in total. The topological polar surface area (TPSA) is 17.4 Å². The van der Waals surface area contributed by atoms with E-state index in [-0.39, 0.29) is 5.60 Å². The zero-order valence-corrected chi connectivity index (χ0v) is 16.8. The predicted octanol–water partition coefficient (Wildman–Crippen LogP) is 4.89. The van der Waals surface area contributed by atoms with Crippen LogP contribution in [0.1, 0.15) is 62.3 Å². The number of fused-ring (bicyclic) bond motifs is 3. The van der Waals surface area contributed by atoms with E-state index in [2.05, 4.69) is 48.7 Å². The molecule has 0 bridgehead atoms. The molecule has 142 valence electrons. The Balaban J connectivity index is 1.75. The molecule has 3 heteroatoms. The molecule has 4 rings (SSSR count). The summed E-state index contributed by atoms with van der Waals surface area (Å²) in [6.07, 6.45) is 9.59. The van der Waals surface area contributed by atoms with Crippen LogP contribution < -0.4 is 0 Å². The highest BCUT2D eigenvalue weighted by Crippen LogP contribution is 2.47. The Kier molecular flexibility index (Phi) is 5.11. The normalized spacial score (nSPS) is 22.2. The van der Waals surface area contributed by atoms with Crippen molar-refractivity contribution < 1.29 is 4.74 Å². The van der Waals surface area contributed by atoms with Crippen LogP contribution in [0.15, 0.2) is 18.2 Å². The van der Waals surface area contributed by atoms with Crippen LogP contribution in [0.3, 0.4) is 0 Å². The first-order chi connectivity index (χ1) is 12.6. The number of benzene rings is 1. The molecule has 0 amide bonds. The summed E-state index contributed by atoms with van der Waals surface area (Å²) in [5.74, 6) is 0. The Morgan fingerprint density at radius 1 is 1.23 bits per heavy atom. The minimum absolute atomic E-state index is 0.0373. The number of hydrogen-bond donors (Lipinski definition) is 0. The molecule has 1 atom stereocenters. The number of rotatable bonds is 7. The Bertz CT molecular complexity index is 772. The van der Waals surface area contributed by atoms with E-state index in [4.69, 9.17) is 4.74 Å². The number of aryl methyl sites for hydroxylation is 2. The molecule has 1 aromatic carbocycles. The maximum Gasteiger partial charge on any atom is 0.108 e. The fourth-order valence-corrected chi connectivity index (χ4v) is 5.14. The molecule has 0 radical (unpaired) electrons. The summed E-state index contributed by atoms with van der Waals surface area (Å²) in [4.78, 5) is 2.29. The lowest BCUT2D eigenvalue weighted by Crippen LogP contribution is -2.41. The van der Waals surface area contributed by atoms with Crippen LogP contribution in [0, 0.1) is 0 Å². The Morgan fingerprint density at radius 3 is 2.92 bits per heavy atom. The van der Waals surface area contributed by atoms with Crippen LogP contribution in [0.4, 0.5) is 0 Å². The highest BCUT2D eigenvalue weighted by Gasteiger charge is 2.43. The van der Waals surface area contributed by atoms with E-state index in [1.807, 2.05) is 0 Å². The molecule has 26 heavy (non-hydrogen) atoms. The van der Waals surface area contributed by atoms with Crippen molar-refractivity contribution in [1.29, 1.82) is 0 Å². The van der Waals surface area contributed by atoms with Gasteiger partial charge in [-0.15, -0.1) is 0 Å². The summed E-state index contributed by atoms with van der Waals surface area (Å²) in [6.45, 7) is 5.45. The number of aromatic nitrogens is 1. The molecule has 2 aliphatic rings. The number of nitrogens with zero attached hydrogens (tertiary/aromatic N) is 2. The second-order valence-electron chi connectivity index (χ2n) is 8.54. The van der Waals surface area contributed by atoms with Gasteiger partial charge in [-0.2, -0.15) is 0 Å². The average Bonchev–Trinajstić information content (AvgIpc) is 2.96. The Morgan fingerprint density at radius 2 is 2.12 bits per heavy atom. The quantitative estimate of drug-likeness (QED) is 0.704. The Hall–Kier alpha value is -1.32. The molecule has 3 nitrogen and oxygen atoms in total. The first-order valence-electron chi connectivity index (χ1n) is 10.6. The molecule has 1 aromatic heterocycles. The molecule has 2 aromatic rings. The third-order valence-corrected chi connectivity index (χ3v) is 6.36. The second-order valence-corrected chi connectivity index (χ2v) is 8.54. The van der Waals surface area contributed by atoms with Gasteiger partial charge < -0.3 is 14.2 Å². The van der Waals surface area contributed by atoms with Gasteiger partial charge in [0.2, 0.25) is 0 Å². The molecule has 1 unspecified atom stereocenters. The third kappa shape index (κ3) is 3.10. The van der Waals surface area contributed by atoms with Crippen molar-refractivity contribution in [2.24, 2.45) is 0 Å². The number of hydrogen-bond acceptors (Lipinski definition) is 2. The lowest BCUT2D eigenvalue weighted by Gasteiger charge is -2.42. The van der Waals surface area contributed by atoms with Gasteiger partial charge in [0.05, 0.1) is 12.3 Å². The largest absolute Gasteiger partial charge is 0.368 e. The van der Waals surface area contributed by atoms with E-state index < -0.39 is 0 Å². The van der Waals surface area contributed by atoms with E-state index in [0.29, 0.717) is 0 Å². The van der Waals surface area contributed by atoms with Crippen LogP contribution in [0.5, 0.6) is 0 Å². The molecule has 2 aliphatic heterocycles. The van der Waals surface area contributed by atoms with Gasteiger partial charge in [-0.25, -0.2) is 0 Å². The minimum Gasteiger partial charge on any atom is -0.368 e. The van der Waals surface area contributed by atoms with Crippen molar-refractivity contribution in [2.45, 2.75) is 70.4 Å². The summed E-state index contributed by atoms with van der Waals surface area (Å²) >= 11 is 0. The van der Waals surface area contributed by atoms with Gasteiger partial charge in [0.15, 0.2) is 0 Å². The van der Waals surface area contributed by atoms with Crippen LogP contribution >= 0.6 is 0 Å². The maximum atomic E-state index is 6.54. The van der Waals surface area contributed by atoms with Crippen LogP contribution in [0.2, 0.25) is 0 Å². The number of ether oxygens (including phenoxy) is 1. The molecule has 0 saturated carbocycles. The predicted molar refractivity (Wildman–Crippen MR) is 109 cm³/mol. The molecule has 0 spiro atoms. The lowest BCUT2D eigenvalue weighted by atomic mass is 9.81. The smallest absolute Gasteiger partial charge is 0.108 e. The number of unbranched alkanes of at least 4 members (excludes halogenated alkanes) is 1. The molecule has 3 heterocycles. The first kappa shape index (κ1) is 18.1. The van der Waals surface area contributed by atoms with E-state index in [1.165, 1.54) is 60.7 Å². The van der Waals surface area contributed by atoms with E-state index >= 15 is 0 Å². The van der Waals surface area contributed by atoms with Crippen LogP contribution in [-0.2, 0) is 29.7 Å². The van der Waals surface area contributed by atoms with Gasteiger partial charge in [0.25, 0.3) is 0 Å². The molecular formula is C23H34N2O. The molecular weight excluding hydrogens is 320 g/mol. The van der Waals surface area contributed by atoms with Crippen molar-refractivity contribution in [3.05, 3.63) is 35.0 Å². The van der Waals surface area contributed by atoms with Crippen LogP contribution in [0.25, 0.3) is 10.9 Å². The first-order valence-corrected chi connectivity index (χ1v) is 10.6.